The third kappa shape index (κ3) is 5.34. The van der Waals surface area contributed by atoms with E-state index in [-0.39, 0.29) is 17.5 Å². The number of carbonyl (C=O) groups is 1. The summed E-state index contributed by atoms with van der Waals surface area (Å²) in [6, 6.07) is 8.02. The van der Waals surface area contributed by atoms with Crippen molar-refractivity contribution in [2.45, 2.75) is 18.8 Å². The molecule has 1 saturated heterocycles. The summed E-state index contributed by atoms with van der Waals surface area (Å²) in [7, 11) is 0. The molecule has 6 rings (SSSR count). The number of amides is 1. The lowest BCUT2D eigenvalue weighted by Gasteiger charge is -2.31. The first-order valence-corrected chi connectivity index (χ1v) is 13.6. The summed E-state index contributed by atoms with van der Waals surface area (Å²) in [6.07, 6.45) is 9.63. The first-order chi connectivity index (χ1) is 19.6. The van der Waals surface area contributed by atoms with Gasteiger partial charge >= 0.3 is 0 Å². The van der Waals surface area contributed by atoms with Crippen LogP contribution in [0.4, 0.5) is 26.8 Å². The van der Waals surface area contributed by atoms with Crippen LogP contribution < -0.4 is 15.4 Å². The topological polar surface area (TPSA) is 121 Å². The highest BCUT2D eigenvalue weighted by atomic mass is 32.1. The van der Waals surface area contributed by atoms with Crippen LogP contribution in [0.2, 0.25) is 0 Å². The number of nitrogens with one attached hydrogen (secondary N) is 3. The van der Waals surface area contributed by atoms with E-state index in [4.69, 9.17) is 4.74 Å². The van der Waals surface area contributed by atoms with Gasteiger partial charge in [-0.2, -0.15) is 0 Å². The summed E-state index contributed by atoms with van der Waals surface area (Å²) in [4.78, 5) is 34.2. The number of halogens is 1. The molecule has 202 valence electrons. The van der Waals surface area contributed by atoms with Gasteiger partial charge in [0.2, 0.25) is 5.91 Å². The molecule has 0 spiro atoms. The van der Waals surface area contributed by atoms with Crippen molar-refractivity contribution in [3.8, 4) is 11.5 Å². The van der Waals surface area contributed by atoms with Crippen LogP contribution in [-0.4, -0.2) is 48.8 Å². The van der Waals surface area contributed by atoms with Crippen molar-refractivity contribution >= 4 is 50.7 Å². The highest BCUT2D eigenvalue weighted by Gasteiger charge is 2.26. The van der Waals surface area contributed by atoms with Gasteiger partial charge in [0.1, 0.15) is 40.9 Å². The van der Waals surface area contributed by atoms with Gasteiger partial charge in [-0.25, -0.2) is 24.3 Å². The van der Waals surface area contributed by atoms with Gasteiger partial charge in [-0.15, -0.1) is 11.3 Å². The Morgan fingerprint density at radius 3 is 2.73 bits per heavy atom. The highest BCUT2D eigenvalue weighted by Crippen LogP contribution is 2.37. The SMILES string of the molecule is C=CC(=O)N1CCC(c2c[nH]c3ncnc(Nc4ccc(Oc5ccnc(Nc6nccs6)c5)cc4F)c23)CC1. The summed E-state index contributed by atoms with van der Waals surface area (Å²) < 4.78 is 21.1. The number of ether oxygens (including phenoxy) is 1. The number of benzene rings is 1. The number of aromatic nitrogens is 5. The monoisotopic (exact) mass is 556 g/mol. The number of aromatic amines is 1. The van der Waals surface area contributed by atoms with E-state index in [1.54, 1.807) is 41.6 Å². The largest absolute Gasteiger partial charge is 0.457 e. The van der Waals surface area contributed by atoms with Gasteiger partial charge in [0, 0.05) is 49.2 Å². The van der Waals surface area contributed by atoms with E-state index in [1.165, 1.54) is 29.8 Å². The minimum absolute atomic E-state index is 0.0531. The Morgan fingerprint density at radius 2 is 1.95 bits per heavy atom. The van der Waals surface area contributed by atoms with E-state index in [1.807, 2.05) is 11.6 Å². The van der Waals surface area contributed by atoms with Gasteiger partial charge in [-0.3, -0.25) is 4.79 Å². The highest BCUT2D eigenvalue weighted by molar-refractivity contribution is 7.13. The summed E-state index contributed by atoms with van der Waals surface area (Å²) in [5.41, 5.74) is 1.97. The van der Waals surface area contributed by atoms with E-state index in [0.29, 0.717) is 47.0 Å². The zero-order chi connectivity index (χ0) is 27.5. The van der Waals surface area contributed by atoms with Crippen molar-refractivity contribution in [2.75, 3.05) is 23.7 Å². The lowest BCUT2D eigenvalue weighted by atomic mass is 9.89. The minimum Gasteiger partial charge on any atom is -0.457 e. The molecular formula is C28H25FN8O2S. The fraction of sp³-hybridized carbons (Fsp3) is 0.179. The predicted molar refractivity (Wildman–Crippen MR) is 152 cm³/mol. The van der Waals surface area contributed by atoms with Gasteiger partial charge in [-0.1, -0.05) is 6.58 Å². The molecule has 12 heteroatoms. The van der Waals surface area contributed by atoms with Gasteiger partial charge < -0.3 is 25.3 Å². The van der Waals surface area contributed by atoms with E-state index in [0.717, 1.165) is 23.8 Å². The van der Waals surface area contributed by atoms with Gasteiger partial charge in [0.15, 0.2) is 5.13 Å². The molecule has 3 N–H and O–H groups in total. The molecule has 0 radical (unpaired) electrons. The molecule has 1 aliphatic rings. The smallest absolute Gasteiger partial charge is 0.245 e. The fourth-order valence-corrected chi connectivity index (χ4v) is 5.34. The number of hydrogen-bond donors (Lipinski definition) is 3. The quantitative estimate of drug-likeness (QED) is 0.196. The number of anilines is 4. The molecule has 0 atom stereocenters. The van der Waals surface area contributed by atoms with Gasteiger partial charge in [0.25, 0.3) is 0 Å². The summed E-state index contributed by atoms with van der Waals surface area (Å²) in [5.74, 6) is 1.58. The second kappa shape index (κ2) is 11.1. The predicted octanol–water partition coefficient (Wildman–Crippen LogP) is 6.12. The van der Waals surface area contributed by atoms with Crippen molar-refractivity contribution in [1.29, 1.82) is 0 Å². The van der Waals surface area contributed by atoms with Crippen LogP contribution in [-0.2, 0) is 4.79 Å². The zero-order valence-corrected chi connectivity index (χ0v) is 22.1. The Labute approximate surface area is 233 Å². The molecule has 5 aromatic rings. The first-order valence-electron chi connectivity index (χ1n) is 12.7. The Kier molecular flexibility index (Phi) is 7.06. The third-order valence-electron chi connectivity index (χ3n) is 6.75. The maximum absolute atomic E-state index is 15.2. The molecular weight excluding hydrogens is 531 g/mol. The molecule has 5 heterocycles. The summed E-state index contributed by atoms with van der Waals surface area (Å²) in [6.45, 7) is 4.87. The average molecular weight is 557 g/mol. The molecule has 1 amide bonds. The van der Waals surface area contributed by atoms with Crippen LogP contribution >= 0.6 is 11.3 Å². The van der Waals surface area contributed by atoms with E-state index >= 15 is 4.39 Å². The van der Waals surface area contributed by atoms with E-state index in [2.05, 4.69) is 42.1 Å². The first kappa shape index (κ1) is 25.4. The Hall–Kier alpha value is -4.84. The number of nitrogens with zero attached hydrogens (tertiary/aromatic N) is 5. The van der Waals surface area contributed by atoms with Gasteiger partial charge in [-0.05, 0) is 48.6 Å². The van der Waals surface area contributed by atoms with E-state index in [9.17, 15) is 4.79 Å². The molecule has 10 nitrogen and oxygen atoms in total. The number of thiazole rings is 1. The Morgan fingerprint density at radius 1 is 1.10 bits per heavy atom. The number of rotatable bonds is 8. The molecule has 4 aromatic heterocycles. The number of likely N-dealkylation sites (tertiary alicyclic amines) is 1. The van der Waals surface area contributed by atoms with Crippen molar-refractivity contribution in [3.63, 3.8) is 0 Å². The number of H-pyrrole nitrogens is 1. The Bertz CT molecular complexity index is 1660. The normalized spacial score (nSPS) is 13.8. The second-order valence-electron chi connectivity index (χ2n) is 9.20. The van der Waals surface area contributed by atoms with Crippen LogP contribution in [0.15, 0.2) is 73.3 Å². The maximum Gasteiger partial charge on any atom is 0.245 e. The van der Waals surface area contributed by atoms with Crippen LogP contribution in [0.1, 0.15) is 24.3 Å². The second-order valence-corrected chi connectivity index (χ2v) is 10.1. The summed E-state index contributed by atoms with van der Waals surface area (Å²) >= 11 is 1.46. The molecule has 0 unspecified atom stereocenters. The molecule has 1 aromatic carbocycles. The standard InChI is InChI=1S/C28H25FN8O2S/c1-2-24(38)37-10-6-17(7-11-37)20-15-32-26-25(20)27(34-16-33-26)35-22-4-3-18(13-21(22)29)39-19-5-8-30-23(14-19)36-28-31-9-12-40-28/h2-5,8-9,12-17H,1,6-7,10-11H2,(H,30,31,36)(H2,32,33,34,35). The van der Waals surface area contributed by atoms with Crippen molar-refractivity contribution in [1.82, 2.24) is 29.8 Å². The maximum atomic E-state index is 15.2. The number of hydrogen-bond acceptors (Lipinski definition) is 9. The minimum atomic E-state index is -0.493. The molecule has 0 bridgehead atoms. The molecule has 40 heavy (non-hydrogen) atoms. The lowest BCUT2D eigenvalue weighted by molar-refractivity contribution is -0.127. The molecule has 1 fully saturated rings. The summed E-state index contributed by atoms with van der Waals surface area (Å²) in [5, 5.41) is 9.63. The lowest BCUT2D eigenvalue weighted by Crippen LogP contribution is -2.36. The van der Waals surface area contributed by atoms with Gasteiger partial charge in [0.05, 0.1) is 11.1 Å². The van der Waals surface area contributed by atoms with E-state index < -0.39 is 5.82 Å². The van der Waals surface area contributed by atoms with Crippen molar-refractivity contribution < 1.29 is 13.9 Å². The van der Waals surface area contributed by atoms with Crippen LogP contribution in [0.5, 0.6) is 11.5 Å². The molecule has 1 aliphatic heterocycles. The van der Waals surface area contributed by atoms with Crippen molar-refractivity contribution in [2.24, 2.45) is 0 Å². The third-order valence-corrected chi connectivity index (χ3v) is 7.44. The van der Waals surface area contributed by atoms with Crippen LogP contribution in [0.3, 0.4) is 0 Å². The van der Waals surface area contributed by atoms with Crippen LogP contribution in [0, 0.1) is 5.82 Å². The number of fused-ring (bicyclic) bond motifs is 1. The Balaban J connectivity index is 1.19. The number of piperidine rings is 1. The average Bonchev–Trinajstić information content (AvgIpc) is 3.65. The number of pyridine rings is 1. The molecule has 0 saturated carbocycles. The van der Waals surface area contributed by atoms with Crippen LogP contribution in [0.25, 0.3) is 11.0 Å². The zero-order valence-electron chi connectivity index (χ0n) is 21.3. The fourth-order valence-electron chi connectivity index (χ4n) is 4.81. The van der Waals surface area contributed by atoms with Crippen molar-refractivity contribution in [3.05, 3.63) is 84.7 Å². The molecule has 0 aliphatic carbocycles. The number of carbonyl (C=O) groups excluding carboxylic acids is 1.